The standard InChI is InChI=1S/C64H38N6S/c1-7-21-54-44(14-1)45-15-2-8-22-55(45)68(54)41-28-30-61-52(35-41)64(50-19-6-12-26-60(50)71-61)51-20-13-31-66-62(51)63-53(64)33-40(36-67-63)39-27-29-59-49(32-39)48-18-5-11-25-58(48)70(59)43-34-42(37-65-38-43)69-56-23-9-3-16-46(56)47-17-4-10-24-57(47)69/h1-38H. The first kappa shape index (κ1) is 38.9. The molecule has 0 fully saturated rings. The van der Waals surface area contributed by atoms with E-state index in [9.17, 15) is 0 Å². The number of fused-ring (bicyclic) bond motifs is 18. The van der Waals surface area contributed by atoms with Crippen LogP contribution >= 0.6 is 11.8 Å². The van der Waals surface area contributed by atoms with E-state index in [2.05, 4.69) is 226 Å². The molecule has 1 unspecified atom stereocenters. The quantitative estimate of drug-likeness (QED) is 0.176. The second-order valence-electron chi connectivity index (χ2n) is 18.8. The molecule has 6 nitrogen and oxygen atoms in total. The topological polar surface area (TPSA) is 53.5 Å². The number of aromatic nitrogens is 6. The Kier molecular flexibility index (Phi) is 7.94. The summed E-state index contributed by atoms with van der Waals surface area (Å²) in [6, 6.07) is 75.5. The van der Waals surface area contributed by atoms with Gasteiger partial charge in [-0.25, -0.2) is 0 Å². The van der Waals surface area contributed by atoms with Gasteiger partial charge in [-0.15, -0.1) is 0 Å². The fourth-order valence-electron chi connectivity index (χ4n) is 12.4. The Morgan fingerprint density at radius 2 is 0.831 bits per heavy atom. The summed E-state index contributed by atoms with van der Waals surface area (Å²) < 4.78 is 7.13. The van der Waals surface area contributed by atoms with Crippen LogP contribution in [0.2, 0.25) is 0 Å². The lowest BCUT2D eigenvalue weighted by Gasteiger charge is -2.39. The first-order valence-corrected chi connectivity index (χ1v) is 24.9. The number of rotatable bonds is 4. The Labute approximate surface area is 411 Å². The fraction of sp³-hybridized carbons (Fsp3) is 0.0156. The lowest BCUT2D eigenvalue weighted by Crippen LogP contribution is -2.32. The summed E-state index contributed by atoms with van der Waals surface area (Å²) in [6.45, 7) is 0. The molecule has 71 heavy (non-hydrogen) atoms. The van der Waals surface area contributed by atoms with Gasteiger partial charge in [-0.1, -0.05) is 133 Å². The van der Waals surface area contributed by atoms with Gasteiger partial charge < -0.3 is 13.7 Å². The molecule has 0 N–H and O–H groups in total. The fourth-order valence-corrected chi connectivity index (χ4v) is 13.6. The van der Waals surface area contributed by atoms with Crippen LogP contribution in [-0.4, -0.2) is 28.7 Å². The summed E-state index contributed by atoms with van der Waals surface area (Å²) in [4.78, 5) is 17.9. The molecule has 330 valence electrons. The van der Waals surface area contributed by atoms with Gasteiger partial charge >= 0.3 is 0 Å². The highest BCUT2D eigenvalue weighted by Crippen LogP contribution is 2.62. The molecule has 0 radical (unpaired) electrons. The van der Waals surface area contributed by atoms with E-state index in [1.165, 1.54) is 64.3 Å². The van der Waals surface area contributed by atoms with E-state index in [4.69, 9.17) is 15.0 Å². The van der Waals surface area contributed by atoms with Gasteiger partial charge in [0.2, 0.25) is 0 Å². The summed E-state index contributed by atoms with van der Waals surface area (Å²) in [5, 5.41) is 7.29. The number of nitrogens with zero attached hydrogens (tertiary/aromatic N) is 6. The van der Waals surface area contributed by atoms with E-state index in [-0.39, 0.29) is 0 Å². The van der Waals surface area contributed by atoms with E-state index in [0.29, 0.717) is 0 Å². The minimum atomic E-state index is -0.678. The molecule has 16 rings (SSSR count). The average molecular weight is 923 g/mol. The smallest absolute Gasteiger partial charge is 0.0937 e. The van der Waals surface area contributed by atoms with E-state index in [1.807, 2.05) is 30.4 Å². The van der Waals surface area contributed by atoms with Gasteiger partial charge in [0.1, 0.15) is 0 Å². The second kappa shape index (κ2) is 14.5. The zero-order valence-corrected chi connectivity index (χ0v) is 38.8. The first-order valence-electron chi connectivity index (χ1n) is 24.1. The molecule has 0 saturated carbocycles. The first-order chi connectivity index (χ1) is 35.2. The van der Waals surface area contributed by atoms with Crippen LogP contribution in [0.3, 0.4) is 0 Å². The minimum absolute atomic E-state index is 0.678. The Balaban J connectivity index is 0.894. The molecule has 0 amide bonds. The van der Waals surface area contributed by atoms with Crippen molar-refractivity contribution in [3.63, 3.8) is 0 Å². The third-order valence-electron chi connectivity index (χ3n) is 15.3. The number of para-hydroxylation sites is 5. The normalized spacial score (nSPS) is 14.8. The third-order valence-corrected chi connectivity index (χ3v) is 16.4. The van der Waals surface area contributed by atoms with E-state index in [0.717, 1.165) is 72.8 Å². The van der Waals surface area contributed by atoms with Gasteiger partial charge in [0.25, 0.3) is 0 Å². The van der Waals surface area contributed by atoms with E-state index < -0.39 is 5.41 Å². The highest BCUT2D eigenvalue weighted by atomic mass is 32.2. The van der Waals surface area contributed by atoms with Crippen LogP contribution in [0.25, 0.3) is 105 Å². The van der Waals surface area contributed by atoms with Crippen molar-refractivity contribution in [2.24, 2.45) is 0 Å². The molecule has 14 aromatic rings. The maximum absolute atomic E-state index is 5.41. The molecule has 1 atom stereocenters. The molecular weight excluding hydrogens is 885 g/mol. The van der Waals surface area contributed by atoms with Crippen molar-refractivity contribution < 1.29 is 0 Å². The van der Waals surface area contributed by atoms with Gasteiger partial charge in [0.05, 0.1) is 73.7 Å². The molecular formula is C64H38N6S. The Hall–Kier alpha value is -9.04. The zero-order valence-electron chi connectivity index (χ0n) is 38.0. The van der Waals surface area contributed by atoms with E-state index in [1.54, 1.807) is 0 Å². The van der Waals surface area contributed by atoms with Crippen LogP contribution in [0.15, 0.2) is 241 Å². The molecule has 8 aromatic carbocycles. The SMILES string of the molecule is c1ccc2c(c1)Sc1ccc(-n3c4ccccc4c4ccccc43)cc1C21c2cccnc2-c2ncc(-c3ccc4c(c3)c3ccccc3n4-c3cncc(-n4c5ccccc5c5ccccc54)c3)cc21. The van der Waals surface area contributed by atoms with Crippen molar-refractivity contribution in [3.05, 3.63) is 253 Å². The molecule has 7 heterocycles. The van der Waals surface area contributed by atoms with Crippen molar-refractivity contribution in [2.45, 2.75) is 15.2 Å². The van der Waals surface area contributed by atoms with Crippen molar-refractivity contribution in [2.75, 3.05) is 0 Å². The molecule has 1 aliphatic carbocycles. The summed E-state index contributed by atoms with van der Waals surface area (Å²) in [5.41, 5.74) is 18.2. The van der Waals surface area contributed by atoms with E-state index >= 15 is 0 Å². The van der Waals surface area contributed by atoms with Crippen LogP contribution in [-0.2, 0) is 5.41 Å². The Bertz CT molecular complexity index is 4490. The zero-order chi connectivity index (χ0) is 46.4. The van der Waals surface area contributed by atoms with Gasteiger partial charge in [0, 0.05) is 71.3 Å². The van der Waals surface area contributed by atoms with Gasteiger partial charge in [-0.2, -0.15) is 0 Å². The van der Waals surface area contributed by atoms with Gasteiger partial charge in [-0.05, 0) is 107 Å². The average Bonchev–Trinajstić information content (AvgIpc) is 4.15. The van der Waals surface area contributed by atoms with Crippen LogP contribution in [0, 0.1) is 0 Å². The van der Waals surface area contributed by atoms with Gasteiger partial charge in [-0.3, -0.25) is 15.0 Å². The van der Waals surface area contributed by atoms with Crippen LogP contribution in [0.4, 0.5) is 0 Å². The van der Waals surface area contributed by atoms with Crippen LogP contribution < -0.4 is 0 Å². The largest absolute Gasteiger partial charge is 0.309 e. The van der Waals surface area contributed by atoms with Gasteiger partial charge in [0.15, 0.2) is 0 Å². The van der Waals surface area contributed by atoms with Crippen molar-refractivity contribution >= 4 is 77.2 Å². The second-order valence-corrected chi connectivity index (χ2v) is 19.9. The van der Waals surface area contributed by atoms with Crippen molar-refractivity contribution in [1.82, 2.24) is 28.7 Å². The lowest BCUT2D eigenvalue weighted by molar-refractivity contribution is 0.718. The molecule has 1 spiro atoms. The predicted molar refractivity (Wildman–Crippen MR) is 290 cm³/mol. The summed E-state index contributed by atoms with van der Waals surface area (Å²) in [6.07, 6.45) is 7.92. The Morgan fingerprint density at radius 1 is 0.324 bits per heavy atom. The monoisotopic (exact) mass is 922 g/mol. The maximum Gasteiger partial charge on any atom is 0.0937 e. The summed E-state index contributed by atoms with van der Waals surface area (Å²) in [7, 11) is 0. The third kappa shape index (κ3) is 5.25. The molecule has 1 aliphatic heterocycles. The van der Waals surface area contributed by atoms with Crippen molar-refractivity contribution in [1.29, 1.82) is 0 Å². The summed E-state index contributed by atoms with van der Waals surface area (Å²) >= 11 is 1.85. The number of hydrogen-bond acceptors (Lipinski definition) is 4. The number of hydrogen-bond donors (Lipinski definition) is 0. The van der Waals surface area contributed by atoms with Crippen LogP contribution in [0.1, 0.15) is 22.3 Å². The number of benzene rings is 8. The minimum Gasteiger partial charge on any atom is -0.309 e. The molecule has 6 aromatic heterocycles. The summed E-state index contributed by atoms with van der Waals surface area (Å²) in [5.74, 6) is 0. The number of pyridine rings is 3. The maximum atomic E-state index is 5.41. The lowest BCUT2D eigenvalue weighted by atomic mass is 9.67. The van der Waals surface area contributed by atoms with Crippen molar-refractivity contribution in [3.8, 4) is 39.6 Å². The molecule has 0 saturated heterocycles. The highest BCUT2D eigenvalue weighted by Gasteiger charge is 2.52. The Morgan fingerprint density at radius 3 is 1.46 bits per heavy atom. The molecule has 0 bridgehead atoms. The molecule has 7 heteroatoms. The van der Waals surface area contributed by atoms with Crippen LogP contribution in [0.5, 0.6) is 0 Å². The molecule has 2 aliphatic rings. The predicted octanol–water partition coefficient (Wildman–Crippen LogP) is 15.7. The highest BCUT2D eigenvalue weighted by molar-refractivity contribution is 7.99.